The van der Waals surface area contributed by atoms with E-state index < -0.39 is 28.5 Å². The van der Waals surface area contributed by atoms with Crippen molar-refractivity contribution in [2.75, 3.05) is 30.3 Å². The van der Waals surface area contributed by atoms with E-state index in [2.05, 4.69) is 5.32 Å². The van der Waals surface area contributed by atoms with Gasteiger partial charge >= 0.3 is 0 Å². The van der Waals surface area contributed by atoms with E-state index in [9.17, 15) is 18.0 Å². The number of halogens is 2. The Bertz CT molecular complexity index is 1130. The summed E-state index contributed by atoms with van der Waals surface area (Å²) < 4.78 is 31.7. The van der Waals surface area contributed by atoms with E-state index >= 15 is 0 Å². The molecular weight excluding hydrogens is 513 g/mol. The Labute approximate surface area is 217 Å². The molecule has 0 aliphatic rings. The van der Waals surface area contributed by atoms with Gasteiger partial charge in [0.15, 0.2) is 0 Å². The lowest BCUT2D eigenvalue weighted by atomic mass is 10.1. The minimum Gasteiger partial charge on any atom is -0.494 e. The smallest absolute Gasteiger partial charge is 0.244 e. The summed E-state index contributed by atoms with van der Waals surface area (Å²) in [5, 5.41) is 3.52. The molecule has 0 radical (unpaired) electrons. The van der Waals surface area contributed by atoms with E-state index in [4.69, 9.17) is 27.9 Å². The van der Waals surface area contributed by atoms with Gasteiger partial charge in [-0.3, -0.25) is 13.9 Å². The Morgan fingerprint density at radius 2 is 1.71 bits per heavy atom. The monoisotopic (exact) mass is 543 g/mol. The summed E-state index contributed by atoms with van der Waals surface area (Å²) in [6.45, 7) is 5.78. The minimum absolute atomic E-state index is 0.00531. The third kappa shape index (κ3) is 8.02. The number of rotatable bonds is 12. The standard InChI is InChI=1S/C24H31Cl2N3O5S/c1-5-22(24(31)27-6-2)28(15-17-8-9-18(25)14-21(17)26)23(30)16-29(35(4,32)33)19-10-12-20(13-11-19)34-7-3/h8-14,22H,5-7,15-16H2,1-4H3,(H,27,31). The summed E-state index contributed by atoms with van der Waals surface area (Å²) in [7, 11) is -3.82. The maximum absolute atomic E-state index is 13.6. The van der Waals surface area contributed by atoms with Crippen molar-refractivity contribution in [1.29, 1.82) is 0 Å². The van der Waals surface area contributed by atoms with Crippen LogP contribution in [0.1, 0.15) is 32.8 Å². The average molecular weight is 545 g/mol. The van der Waals surface area contributed by atoms with Crippen LogP contribution < -0.4 is 14.4 Å². The molecule has 1 N–H and O–H groups in total. The molecule has 35 heavy (non-hydrogen) atoms. The van der Waals surface area contributed by atoms with Gasteiger partial charge in [0.05, 0.1) is 18.6 Å². The number of carbonyl (C=O) groups is 2. The topological polar surface area (TPSA) is 96.0 Å². The normalized spacial score (nSPS) is 12.1. The number of ether oxygens (including phenoxy) is 1. The highest BCUT2D eigenvalue weighted by Gasteiger charge is 2.32. The van der Waals surface area contributed by atoms with Gasteiger partial charge in [0, 0.05) is 23.1 Å². The molecule has 0 heterocycles. The highest BCUT2D eigenvalue weighted by Crippen LogP contribution is 2.25. The molecule has 0 saturated carbocycles. The molecule has 8 nitrogen and oxygen atoms in total. The SMILES string of the molecule is CCNC(=O)C(CC)N(Cc1ccc(Cl)cc1Cl)C(=O)CN(c1ccc(OCC)cc1)S(C)(=O)=O. The van der Waals surface area contributed by atoms with Crippen molar-refractivity contribution in [2.24, 2.45) is 0 Å². The summed E-state index contributed by atoms with van der Waals surface area (Å²) in [5.41, 5.74) is 0.888. The van der Waals surface area contributed by atoms with Crippen LogP contribution in [0.2, 0.25) is 10.0 Å². The van der Waals surface area contributed by atoms with Crippen molar-refractivity contribution in [3.8, 4) is 5.75 Å². The van der Waals surface area contributed by atoms with Gasteiger partial charge in [0.1, 0.15) is 18.3 Å². The number of nitrogens with one attached hydrogen (secondary N) is 1. The van der Waals surface area contributed by atoms with E-state index in [1.54, 1.807) is 56.3 Å². The van der Waals surface area contributed by atoms with Crippen LogP contribution in [-0.4, -0.2) is 57.1 Å². The fourth-order valence-electron chi connectivity index (χ4n) is 3.53. The second kappa shape index (κ2) is 13.0. The third-order valence-electron chi connectivity index (χ3n) is 5.21. The molecule has 2 rings (SSSR count). The van der Waals surface area contributed by atoms with Gasteiger partial charge in [-0.25, -0.2) is 8.42 Å². The predicted octanol–water partition coefficient (Wildman–Crippen LogP) is 4.10. The zero-order chi connectivity index (χ0) is 26.2. The molecular formula is C24H31Cl2N3O5S. The minimum atomic E-state index is -3.82. The van der Waals surface area contributed by atoms with Crippen molar-refractivity contribution in [3.05, 3.63) is 58.1 Å². The Hall–Kier alpha value is -2.49. The highest BCUT2D eigenvalue weighted by molar-refractivity contribution is 7.92. The molecule has 1 atom stereocenters. The second-order valence-corrected chi connectivity index (χ2v) is 10.5. The van der Waals surface area contributed by atoms with Crippen molar-refractivity contribution in [3.63, 3.8) is 0 Å². The first-order valence-electron chi connectivity index (χ1n) is 11.2. The van der Waals surface area contributed by atoms with Gasteiger partial charge < -0.3 is 15.0 Å². The van der Waals surface area contributed by atoms with Crippen LogP contribution in [0.3, 0.4) is 0 Å². The fraction of sp³-hybridized carbons (Fsp3) is 0.417. The zero-order valence-electron chi connectivity index (χ0n) is 20.3. The van der Waals surface area contributed by atoms with Crippen molar-refractivity contribution in [1.82, 2.24) is 10.2 Å². The van der Waals surface area contributed by atoms with Crippen molar-refractivity contribution < 1.29 is 22.7 Å². The van der Waals surface area contributed by atoms with E-state index in [-0.39, 0.29) is 12.5 Å². The zero-order valence-corrected chi connectivity index (χ0v) is 22.6. The van der Waals surface area contributed by atoms with Crippen LogP contribution in [0.15, 0.2) is 42.5 Å². The summed E-state index contributed by atoms with van der Waals surface area (Å²) in [5.74, 6) is -0.300. The van der Waals surface area contributed by atoms with E-state index in [1.807, 2.05) is 6.92 Å². The molecule has 0 aliphatic heterocycles. The predicted molar refractivity (Wildman–Crippen MR) is 140 cm³/mol. The molecule has 0 saturated heterocycles. The van der Waals surface area contributed by atoms with Crippen molar-refractivity contribution >= 4 is 50.7 Å². The molecule has 2 aromatic carbocycles. The number of amides is 2. The molecule has 2 aromatic rings. The molecule has 0 fully saturated rings. The first kappa shape index (κ1) is 28.7. The van der Waals surface area contributed by atoms with E-state index in [0.29, 0.717) is 46.6 Å². The van der Waals surface area contributed by atoms with E-state index in [1.165, 1.54) is 4.90 Å². The Morgan fingerprint density at radius 3 is 2.23 bits per heavy atom. The molecule has 0 aromatic heterocycles. The Balaban J connectivity index is 2.44. The molecule has 1 unspecified atom stereocenters. The summed E-state index contributed by atoms with van der Waals surface area (Å²) in [6.07, 6.45) is 1.35. The lowest BCUT2D eigenvalue weighted by Gasteiger charge is -2.33. The van der Waals surface area contributed by atoms with Gasteiger partial charge in [-0.1, -0.05) is 36.2 Å². The second-order valence-electron chi connectivity index (χ2n) is 7.77. The average Bonchev–Trinajstić information content (AvgIpc) is 2.79. The number of hydrogen-bond donors (Lipinski definition) is 1. The molecule has 2 amide bonds. The lowest BCUT2D eigenvalue weighted by molar-refractivity contribution is -0.140. The lowest BCUT2D eigenvalue weighted by Crippen LogP contribution is -2.52. The van der Waals surface area contributed by atoms with Gasteiger partial charge in [-0.05, 0) is 62.2 Å². The van der Waals surface area contributed by atoms with Crippen LogP contribution in [-0.2, 0) is 26.2 Å². The molecule has 11 heteroatoms. The summed E-state index contributed by atoms with van der Waals surface area (Å²) in [6, 6.07) is 10.5. The third-order valence-corrected chi connectivity index (χ3v) is 6.94. The number of sulfonamides is 1. The van der Waals surface area contributed by atoms with Crippen LogP contribution in [0, 0.1) is 0 Å². The molecule has 0 spiro atoms. The van der Waals surface area contributed by atoms with Crippen LogP contribution in [0.5, 0.6) is 5.75 Å². The van der Waals surface area contributed by atoms with Gasteiger partial charge in [0.25, 0.3) is 0 Å². The van der Waals surface area contributed by atoms with Crippen molar-refractivity contribution in [2.45, 2.75) is 39.8 Å². The number of nitrogens with zero attached hydrogens (tertiary/aromatic N) is 2. The Kier molecular flexibility index (Phi) is 10.7. The van der Waals surface area contributed by atoms with Gasteiger partial charge in [0.2, 0.25) is 21.8 Å². The number of likely N-dealkylation sites (N-methyl/N-ethyl adjacent to an activating group) is 1. The summed E-state index contributed by atoms with van der Waals surface area (Å²) in [4.78, 5) is 27.7. The van der Waals surface area contributed by atoms with Crippen LogP contribution >= 0.6 is 23.2 Å². The van der Waals surface area contributed by atoms with Gasteiger partial charge in [-0.15, -0.1) is 0 Å². The molecule has 192 valence electrons. The largest absolute Gasteiger partial charge is 0.494 e. The number of hydrogen-bond acceptors (Lipinski definition) is 5. The molecule has 0 bridgehead atoms. The van der Waals surface area contributed by atoms with Gasteiger partial charge in [-0.2, -0.15) is 0 Å². The Morgan fingerprint density at radius 1 is 1.06 bits per heavy atom. The van der Waals surface area contributed by atoms with Crippen LogP contribution in [0.25, 0.3) is 0 Å². The first-order chi connectivity index (χ1) is 16.5. The number of benzene rings is 2. The summed E-state index contributed by atoms with van der Waals surface area (Å²) >= 11 is 12.3. The number of anilines is 1. The first-order valence-corrected chi connectivity index (χ1v) is 13.8. The molecule has 0 aliphatic carbocycles. The fourth-order valence-corrected chi connectivity index (χ4v) is 4.85. The maximum Gasteiger partial charge on any atom is 0.244 e. The highest BCUT2D eigenvalue weighted by atomic mass is 35.5. The number of carbonyl (C=O) groups excluding carboxylic acids is 2. The van der Waals surface area contributed by atoms with E-state index in [0.717, 1.165) is 10.6 Å². The van der Waals surface area contributed by atoms with Crippen LogP contribution in [0.4, 0.5) is 5.69 Å². The maximum atomic E-state index is 13.6. The quantitative estimate of drug-likeness (QED) is 0.434.